The molecule has 1 unspecified atom stereocenters. The first kappa shape index (κ1) is 16.3. The molecule has 0 spiro atoms. The maximum absolute atomic E-state index is 10.1. The fraction of sp³-hybridized carbons (Fsp3) is 0.647. The van der Waals surface area contributed by atoms with Crippen molar-refractivity contribution < 1.29 is 14.6 Å². The molecule has 1 N–H and O–H groups in total. The normalized spacial score (nSPS) is 18.0. The van der Waals surface area contributed by atoms with Gasteiger partial charge in [0.05, 0.1) is 13.2 Å². The number of morpholine rings is 1. The smallest absolute Gasteiger partial charge is 0.119 e. The van der Waals surface area contributed by atoms with Gasteiger partial charge in [-0.05, 0) is 36.1 Å². The molecule has 1 atom stereocenters. The Balaban J connectivity index is 1.84. The summed E-state index contributed by atoms with van der Waals surface area (Å²) in [5.41, 5.74) is 2.46. The van der Waals surface area contributed by atoms with Crippen molar-refractivity contribution in [2.24, 2.45) is 0 Å². The van der Waals surface area contributed by atoms with Gasteiger partial charge in [0.15, 0.2) is 0 Å². The topological polar surface area (TPSA) is 41.9 Å². The Hall–Kier alpha value is -1.10. The SMILES string of the molecule is Cc1cc(OCC(O)CN2CCOCC2)cc(C(C)C)c1. The van der Waals surface area contributed by atoms with E-state index in [4.69, 9.17) is 9.47 Å². The third-order valence-corrected chi connectivity index (χ3v) is 3.75. The number of benzene rings is 1. The fourth-order valence-electron chi connectivity index (χ4n) is 2.52. The van der Waals surface area contributed by atoms with E-state index in [2.05, 4.69) is 37.8 Å². The molecule has 1 aliphatic rings. The third kappa shape index (κ3) is 5.30. The van der Waals surface area contributed by atoms with Crippen LogP contribution in [0.4, 0.5) is 0 Å². The Bertz CT molecular complexity index is 442. The molecule has 21 heavy (non-hydrogen) atoms. The number of aryl methyl sites for hydroxylation is 1. The number of aliphatic hydroxyl groups is 1. The van der Waals surface area contributed by atoms with Gasteiger partial charge in [-0.1, -0.05) is 19.9 Å². The van der Waals surface area contributed by atoms with Crippen LogP contribution in [0.1, 0.15) is 30.9 Å². The first-order chi connectivity index (χ1) is 10.0. The molecule has 1 saturated heterocycles. The summed E-state index contributed by atoms with van der Waals surface area (Å²) in [6.07, 6.45) is -0.467. The van der Waals surface area contributed by atoms with E-state index in [0.717, 1.165) is 32.1 Å². The van der Waals surface area contributed by atoms with Crippen LogP contribution in [0.2, 0.25) is 0 Å². The van der Waals surface area contributed by atoms with Gasteiger partial charge in [0.25, 0.3) is 0 Å². The molecule has 4 nitrogen and oxygen atoms in total. The van der Waals surface area contributed by atoms with Crippen molar-refractivity contribution in [2.75, 3.05) is 39.5 Å². The van der Waals surface area contributed by atoms with Crippen LogP contribution in [0.3, 0.4) is 0 Å². The van der Waals surface area contributed by atoms with Gasteiger partial charge >= 0.3 is 0 Å². The molecule has 2 rings (SSSR count). The summed E-state index contributed by atoms with van der Waals surface area (Å²) in [7, 11) is 0. The van der Waals surface area contributed by atoms with Gasteiger partial charge in [0.2, 0.25) is 0 Å². The van der Waals surface area contributed by atoms with Crippen LogP contribution in [-0.4, -0.2) is 55.6 Å². The molecule has 0 aliphatic carbocycles. The lowest BCUT2D eigenvalue weighted by atomic mass is 10.0. The van der Waals surface area contributed by atoms with Crippen molar-refractivity contribution in [3.8, 4) is 5.75 Å². The van der Waals surface area contributed by atoms with E-state index in [1.54, 1.807) is 0 Å². The van der Waals surface area contributed by atoms with E-state index in [1.165, 1.54) is 11.1 Å². The van der Waals surface area contributed by atoms with Gasteiger partial charge in [-0.2, -0.15) is 0 Å². The van der Waals surface area contributed by atoms with Gasteiger partial charge in [0, 0.05) is 19.6 Å². The van der Waals surface area contributed by atoms with Crippen LogP contribution in [0, 0.1) is 6.92 Å². The van der Waals surface area contributed by atoms with Gasteiger partial charge in [-0.15, -0.1) is 0 Å². The Kier molecular flexibility index (Phi) is 6.03. The van der Waals surface area contributed by atoms with Crippen LogP contribution >= 0.6 is 0 Å². The summed E-state index contributed by atoms with van der Waals surface area (Å²) < 4.78 is 11.1. The highest BCUT2D eigenvalue weighted by Gasteiger charge is 2.15. The summed E-state index contributed by atoms with van der Waals surface area (Å²) in [6, 6.07) is 6.27. The highest BCUT2D eigenvalue weighted by Crippen LogP contribution is 2.22. The lowest BCUT2D eigenvalue weighted by Gasteiger charge is -2.28. The Labute approximate surface area is 127 Å². The number of aliphatic hydroxyl groups excluding tert-OH is 1. The van der Waals surface area contributed by atoms with Crippen LogP contribution in [0.15, 0.2) is 18.2 Å². The van der Waals surface area contributed by atoms with Gasteiger partial charge in [-0.3, -0.25) is 4.90 Å². The second-order valence-corrected chi connectivity index (χ2v) is 6.11. The van der Waals surface area contributed by atoms with E-state index in [0.29, 0.717) is 19.1 Å². The molecule has 1 aromatic carbocycles. The van der Waals surface area contributed by atoms with Crippen molar-refractivity contribution in [3.63, 3.8) is 0 Å². The molecule has 1 fully saturated rings. The van der Waals surface area contributed by atoms with Crippen molar-refractivity contribution in [3.05, 3.63) is 29.3 Å². The predicted octanol–water partition coefficient (Wildman–Crippen LogP) is 2.19. The molecule has 0 aromatic heterocycles. The molecule has 1 heterocycles. The second-order valence-electron chi connectivity index (χ2n) is 6.11. The van der Waals surface area contributed by atoms with E-state index < -0.39 is 6.10 Å². The fourth-order valence-corrected chi connectivity index (χ4v) is 2.52. The highest BCUT2D eigenvalue weighted by atomic mass is 16.5. The zero-order valence-corrected chi connectivity index (χ0v) is 13.3. The van der Waals surface area contributed by atoms with Gasteiger partial charge in [0.1, 0.15) is 18.5 Å². The standard InChI is InChI=1S/C17H27NO3/c1-13(2)15-8-14(3)9-17(10-15)21-12-16(19)11-18-4-6-20-7-5-18/h8-10,13,16,19H,4-7,11-12H2,1-3H3. The van der Waals surface area contributed by atoms with Crippen LogP contribution < -0.4 is 4.74 Å². The minimum atomic E-state index is -0.467. The monoisotopic (exact) mass is 293 g/mol. The molecular weight excluding hydrogens is 266 g/mol. The predicted molar refractivity (Wildman–Crippen MR) is 84.0 cm³/mol. The maximum Gasteiger partial charge on any atom is 0.119 e. The molecule has 0 saturated carbocycles. The first-order valence-electron chi connectivity index (χ1n) is 7.77. The Morgan fingerprint density at radius 1 is 1.24 bits per heavy atom. The molecule has 0 amide bonds. The molecular formula is C17H27NO3. The zero-order chi connectivity index (χ0) is 15.2. The Morgan fingerprint density at radius 3 is 2.62 bits per heavy atom. The highest BCUT2D eigenvalue weighted by molar-refractivity contribution is 5.35. The number of ether oxygens (including phenoxy) is 2. The lowest BCUT2D eigenvalue weighted by Crippen LogP contribution is -2.42. The summed E-state index contributed by atoms with van der Waals surface area (Å²) in [6.45, 7) is 10.7. The van der Waals surface area contributed by atoms with E-state index in [9.17, 15) is 5.11 Å². The first-order valence-corrected chi connectivity index (χ1v) is 7.77. The second kappa shape index (κ2) is 7.78. The van der Waals surface area contributed by atoms with Gasteiger partial charge < -0.3 is 14.6 Å². The average molecular weight is 293 g/mol. The van der Waals surface area contributed by atoms with E-state index >= 15 is 0 Å². The number of hydrogen-bond acceptors (Lipinski definition) is 4. The summed E-state index contributed by atoms with van der Waals surface area (Å²) in [5.74, 6) is 1.32. The number of hydrogen-bond donors (Lipinski definition) is 1. The molecule has 118 valence electrons. The maximum atomic E-state index is 10.1. The van der Waals surface area contributed by atoms with Crippen molar-refractivity contribution in [1.82, 2.24) is 4.90 Å². The molecule has 0 bridgehead atoms. The lowest BCUT2D eigenvalue weighted by molar-refractivity contribution is 0.00464. The minimum absolute atomic E-state index is 0.332. The van der Waals surface area contributed by atoms with Gasteiger partial charge in [-0.25, -0.2) is 0 Å². The van der Waals surface area contributed by atoms with Crippen LogP contribution in [0.5, 0.6) is 5.75 Å². The summed E-state index contributed by atoms with van der Waals surface area (Å²) >= 11 is 0. The molecule has 4 heteroatoms. The van der Waals surface area contributed by atoms with E-state index in [1.807, 2.05) is 6.07 Å². The molecule has 0 radical (unpaired) electrons. The Morgan fingerprint density at radius 2 is 1.95 bits per heavy atom. The van der Waals surface area contributed by atoms with E-state index in [-0.39, 0.29) is 0 Å². The van der Waals surface area contributed by atoms with Crippen molar-refractivity contribution in [1.29, 1.82) is 0 Å². The van der Waals surface area contributed by atoms with Crippen molar-refractivity contribution >= 4 is 0 Å². The summed E-state index contributed by atoms with van der Waals surface area (Å²) in [5, 5.41) is 10.1. The molecule has 1 aromatic rings. The zero-order valence-electron chi connectivity index (χ0n) is 13.3. The molecule has 1 aliphatic heterocycles. The minimum Gasteiger partial charge on any atom is -0.491 e. The average Bonchev–Trinajstić information content (AvgIpc) is 2.45. The quantitative estimate of drug-likeness (QED) is 0.873. The summed E-state index contributed by atoms with van der Waals surface area (Å²) in [4.78, 5) is 2.22. The largest absolute Gasteiger partial charge is 0.491 e. The van der Waals surface area contributed by atoms with Crippen molar-refractivity contribution in [2.45, 2.75) is 32.8 Å². The number of rotatable bonds is 6. The number of nitrogens with zero attached hydrogens (tertiary/aromatic N) is 1. The third-order valence-electron chi connectivity index (χ3n) is 3.75. The van der Waals surface area contributed by atoms with Crippen LogP contribution in [0.25, 0.3) is 0 Å². The number of β-amino-alcohol motifs (C(OH)–C–C–N with tert-alkyl or cyclic N) is 1. The van der Waals surface area contributed by atoms with Crippen LogP contribution in [-0.2, 0) is 4.74 Å².